The number of carbonyl (C=O) groups is 2. The Balaban J connectivity index is 3.04. The van der Waals surface area contributed by atoms with Gasteiger partial charge in [0.1, 0.15) is 11.7 Å². The van der Waals surface area contributed by atoms with Crippen molar-refractivity contribution in [3.05, 3.63) is 28.0 Å². The van der Waals surface area contributed by atoms with Crippen LogP contribution in [0.25, 0.3) is 0 Å². The van der Waals surface area contributed by atoms with Crippen LogP contribution in [-0.4, -0.2) is 48.5 Å². The Bertz CT molecular complexity index is 493. The van der Waals surface area contributed by atoms with Crippen LogP contribution in [0.15, 0.2) is 16.6 Å². The molecule has 0 spiro atoms. The standard InChI is InChI=1S/C12H16BrN3O3/c1-7-4-5-8(13)10(15-7)12(18)16(2)9(6-19-3)11(14)17/h4-5,9H,6H2,1-3H3,(H2,14,17)/t9-/m0/s1. The first-order chi connectivity index (χ1) is 8.88. The quantitative estimate of drug-likeness (QED) is 0.862. The largest absolute Gasteiger partial charge is 0.382 e. The number of likely N-dealkylation sites (N-methyl/N-ethyl adjacent to an activating group) is 1. The van der Waals surface area contributed by atoms with Crippen LogP contribution in [0.4, 0.5) is 0 Å². The summed E-state index contributed by atoms with van der Waals surface area (Å²) in [4.78, 5) is 29.0. The Labute approximate surface area is 120 Å². The van der Waals surface area contributed by atoms with E-state index in [0.717, 1.165) is 0 Å². The van der Waals surface area contributed by atoms with E-state index in [4.69, 9.17) is 10.5 Å². The summed E-state index contributed by atoms with van der Waals surface area (Å²) in [6, 6.07) is 2.69. The van der Waals surface area contributed by atoms with Crippen molar-refractivity contribution in [1.29, 1.82) is 0 Å². The highest BCUT2D eigenvalue weighted by Crippen LogP contribution is 2.17. The van der Waals surface area contributed by atoms with Gasteiger partial charge in [0, 0.05) is 24.3 Å². The third-order valence-corrected chi connectivity index (χ3v) is 3.27. The molecule has 0 saturated heterocycles. The highest BCUT2D eigenvalue weighted by atomic mass is 79.9. The van der Waals surface area contributed by atoms with E-state index >= 15 is 0 Å². The number of aryl methyl sites for hydroxylation is 1. The molecule has 0 saturated carbocycles. The van der Waals surface area contributed by atoms with Gasteiger partial charge in [0.05, 0.1) is 6.61 Å². The number of halogens is 1. The van der Waals surface area contributed by atoms with Crippen molar-refractivity contribution >= 4 is 27.7 Å². The third kappa shape index (κ3) is 3.74. The van der Waals surface area contributed by atoms with E-state index < -0.39 is 17.9 Å². The van der Waals surface area contributed by atoms with Crippen molar-refractivity contribution in [2.75, 3.05) is 20.8 Å². The fraction of sp³-hybridized carbons (Fsp3) is 0.417. The predicted octanol–water partition coefficient (Wildman–Crippen LogP) is 0.725. The molecule has 1 aromatic heterocycles. The minimum absolute atomic E-state index is 0.0427. The van der Waals surface area contributed by atoms with Gasteiger partial charge < -0.3 is 15.4 Å². The van der Waals surface area contributed by atoms with E-state index in [1.54, 1.807) is 19.1 Å². The number of hydrogen-bond donors (Lipinski definition) is 1. The molecular weight excluding hydrogens is 314 g/mol. The number of carbonyl (C=O) groups excluding carboxylic acids is 2. The lowest BCUT2D eigenvalue weighted by molar-refractivity contribution is -0.123. The Hall–Kier alpha value is -1.47. The van der Waals surface area contributed by atoms with Crippen LogP contribution in [0.1, 0.15) is 16.2 Å². The monoisotopic (exact) mass is 329 g/mol. The van der Waals surface area contributed by atoms with Crippen molar-refractivity contribution in [1.82, 2.24) is 9.88 Å². The second-order valence-corrected chi connectivity index (χ2v) is 4.93. The summed E-state index contributed by atoms with van der Waals surface area (Å²) in [7, 11) is 2.93. The number of methoxy groups -OCH3 is 1. The first-order valence-corrected chi connectivity index (χ1v) is 6.36. The Morgan fingerprint density at radius 3 is 2.68 bits per heavy atom. The van der Waals surface area contributed by atoms with Gasteiger partial charge in [0.15, 0.2) is 0 Å². The molecule has 2 amide bonds. The maximum Gasteiger partial charge on any atom is 0.274 e. The normalized spacial score (nSPS) is 12.0. The van der Waals surface area contributed by atoms with Crippen molar-refractivity contribution in [2.45, 2.75) is 13.0 Å². The Morgan fingerprint density at radius 2 is 2.16 bits per heavy atom. The Morgan fingerprint density at radius 1 is 1.53 bits per heavy atom. The minimum atomic E-state index is -0.827. The molecule has 1 aromatic rings. The van der Waals surface area contributed by atoms with Gasteiger partial charge in [-0.3, -0.25) is 9.59 Å². The maximum atomic E-state index is 12.3. The number of primary amides is 1. The summed E-state index contributed by atoms with van der Waals surface area (Å²) in [5.41, 5.74) is 6.21. The topological polar surface area (TPSA) is 85.5 Å². The van der Waals surface area contributed by atoms with Gasteiger partial charge >= 0.3 is 0 Å². The molecular formula is C12H16BrN3O3. The summed E-state index contributed by atoms with van der Waals surface area (Å²) >= 11 is 3.27. The lowest BCUT2D eigenvalue weighted by atomic mass is 10.2. The van der Waals surface area contributed by atoms with E-state index in [0.29, 0.717) is 10.2 Å². The van der Waals surface area contributed by atoms with E-state index in [1.807, 2.05) is 0 Å². The van der Waals surface area contributed by atoms with E-state index in [1.165, 1.54) is 19.1 Å². The summed E-state index contributed by atoms with van der Waals surface area (Å²) in [5.74, 6) is -1.02. The third-order valence-electron chi connectivity index (χ3n) is 2.63. The maximum absolute atomic E-state index is 12.3. The summed E-state index contributed by atoms with van der Waals surface area (Å²) in [6.45, 7) is 1.82. The van der Waals surface area contributed by atoms with Crippen molar-refractivity contribution in [3.8, 4) is 0 Å². The van der Waals surface area contributed by atoms with E-state index in [9.17, 15) is 9.59 Å². The zero-order chi connectivity index (χ0) is 14.6. The average Bonchev–Trinajstić information content (AvgIpc) is 2.36. The number of hydrogen-bond acceptors (Lipinski definition) is 4. The van der Waals surface area contributed by atoms with Gasteiger partial charge in [0.25, 0.3) is 5.91 Å². The van der Waals surface area contributed by atoms with Gasteiger partial charge in [-0.1, -0.05) is 0 Å². The molecule has 0 aromatic carbocycles. The van der Waals surface area contributed by atoms with Gasteiger partial charge in [0.2, 0.25) is 5.91 Å². The number of amides is 2. The summed E-state index contributed by atoms with van der Waals surface area (Å²) < 4.78 is 5.46. The zero-order valence-electron chi connectivity index (χ0n) is 11.0. The van der Waals surface area contributed by atoms with Gasteiger partial charge in [-0.2, -0.15) is 0 Å². The molecule has 0 aliphatic rings. The molecule has 2 N–H and O–H groups in total. The van der Waals surface area contributed by atoms with Crippen LogP contribution in [0.5, 0.6) is 0 Å². The molecule has 1 atom stereocenters. The van der Waals surface area contributed by atoms with E-state index in [2.05, 4.69) is 20.9 Å². The highest BCUT2D eigenvalue weighted by molar-refractivity contribution is 9.10. The number of nitrogens with zero attached hydrogens (tertiary/aromatic N) is 2. The van der Waals surface area contributed by atoms with E-state index in [-0.39, 0.29) is 12.3 Å². The van der Waals surface area contributed by atoms with Crippen LogP contribution >= 0.6 is 15.9 Å². The van der Waals surface area contributed by atoms with Crippen LogP contribution in [0, 0.1) is 6.92 Å². The molecule has 1 rings (SSSR count). The summed E-state index contributed by atoms with van der Waals surface area (Å²) in [6.07, 6.45) is 0. The van der Waals surface area contributed by atoms with Crippen LogP contribution in [0.3, 0.4) is 0 Å². The Kier molecular flexibility index (Phi) is 5.44. The smallest absolute Gasteiger partial charge is 0.274 e. The number of aromatic nitrogens is 1. The first-order valence-electron chi connectivity index (χ1n) is 5.57. The van der Waals surface area contributed by atoms with Gasteiger partial charge in [-0.15, -0.1) is 0 Å². The molecule has 6 nitrogen and oxygen atoms in total. The van der Waals surface area contributed by atoms with Crippen LogP contribution < -0.4 is 5.73 Å². The average molecular weight is 330 g/mol. The molecule has 19 heavy (non-hydrogen) atoms. The number of nitrogens with two attached hydrogens (primary N) is 1. The van der Waals surface area contributed by atoms with Crippen molar-refractivity contribution in [3.63, 3.8) is 0 Å². The molecule has 0 aliphatic heterocycles. The van der Waals surface area contributed by atoms with Gasteiger partial charge in [-0.05, 0) is 35.0 Å². The van der Waals surface area contributed by atoms with Crippen LogP contribution in [-0.2, 0) is 9.53 Å². The minimum Gasteiger partial charge on any atom is -0.382 e. The molecule has 0 unspecified atom stereocenters. The van der Waals surface area contributed by atoms with Crippen molar-refractivity contribution in [2.24, 2.45) is 5.73 Å². The molecule has 0 fully saturated rings. The molecule has 104 valence electrons. The zero-order valence-corrected chi connectivity index (χ0v) is 12.6. The molecule has 0 radical (unpaired) electrons. The SMILES string of the molecule is COC[C@@H](C(N)=O)N(C)C(=O)c1nc(C)ccc1Br. The predicted molar refractivity (Wildman–Crippen MR) is 73.6 cm³/mol. The number of rotatable bonds is 5. The molecule has 7 heteroatoms. The summed E-state index contributed by atoms with van der Waals surface area (Å²) in [5, 5.41) is 0. The number of ether oxygens (including phenoxy) is 1. The van der Waals surface area contributed by atoms with Gasteiger partial charge in [-0.25, -0.2) is 4.98 Å². The molecule has 1 heterocycles. The lowest BCUT2D eigenvalue weighted by Crippen LogP contribution is -2.48. The highest BCUT2D eigenvalue weighted by Gasteiger charge is 2.27. The second kappa shape index (κ2) is 6.63. The fourth-order valence-electron chi connectivity index (χ4n) is 1.54. The lowest BCUT2D eigenvalue weighted by Gasteiger charge is -2.25. The van der Waals surface area contributed by atoms with Crippen LogP contribution in [0.2, 0.25) is 0 Å². The number of pyridine rings is 1. The molecule has 0 aliphatic carbocycles. The molecule has 0 bridgehead atoms. The fourth-order valence-corrected chi connectivity index (χ4v) is 1.93. The second-order valence-electron chi connectivity index (χ2n) is 4.07. The first kappa shape index (κ1) is 15.6. The van der Waals surface area contributed by atoms with Crippen molar-refractivity contribution < 1.29 is 14.3 Å².